The van der Waals surface area contributed by atoms with E-state index in [0.717, 1.165) is 130 Å². The Kier molecular flexibility index (Phi) is 16.5. The molecular formula is C76H80O8S4. The molecule has 6 aliphatic rings. The summed E-state index contributed by atoms with van der Waals surface area (Å²) in [5.74, 6) is 6.46. The van der Waals surface area contributed by atoms with Gasteiger partial charge in [0.1, 0.15) is 98.9 Å². The topological polar surface area (TPSA) is 73.8 Å². The summed E-state index contributed by atoms with van der Waals surface area (Å²) >= 11 is 6.57. The van der Waals surface area contributed by atoms with E-state index in [1.54, 1.807) is 47.0 Å². The molecule has 0 aromatic heterocycles. The van der Waals surface area contributed by atoms with Gasteiger partial charge in [-0.2, -0.15) is 0 Å². The van der Waals surface area contributed by atoms with Crippen molar-refractivity contribution in [1.29, 1.82) is 0 Å². The maximum atomic E-state index is 7.46. The maximum absolute atomic E-state index is 7.46. The summed E-state index contributed by atoms with van der Waals surface area (Å²) < 4.78 is 58.8. The molecule has 0 atom stereocenters. The van der Waals surface area contributed by atoms with E-state index in [-0.39, 0.29) is 74.5 Å². The SMILES string of the molecule is CC(C)(C)c1cc2c3c(c1)Cc1cc(C(C)(C)C)cc4c1OCCOc1c5cccc1Sc1cccc6c1OCCOc1c(cc(C(C)(C)C)cc1C4)Cc1cc(C(C)(C)C)cc(c1OCCOc1c(cccc1S6)Sc1cccc(c1OCCO3)S5)C2. The lowest BCUT2D eigenvalue weighted by molar-refractivity contribution is 0.204. The lowest BCUT2D eigenvalue weighted by Crippen LogP contribution is -2.20. The molecule has 8 aromatic carbocycles. The number of fused-ring (bicyclic) bond motifs is 12. The summed E-state index contributed by atoms with van der Waals surface area (Å²) in [4.78, 5) is 7.58. The van der Waals surface area contributed by atoms with Crippen molar-refractivity contribution in [2.24, 2.45) is 0 Å². The molecule has 1 aliphatic carbocycles. The predicted octanol–water partition coefficient (Wildman–Crippen LogP) is 19.2. The van der Waals surface area contributed by atoms with Crippen LogP contribution in [0.5, 0.6) is 46.0 Å². The van der Waals surface area contributed by atoms with E-state index in [2.05, 4.69) is 204 Å². The third kappa shape index (κ3) is 12.6. The first-order valence-electron chi connectivity index (χ1n) is 31.0. The zero-order valence-corrected chi connectivity index (χ0v) is 56.2. The van der Waals surface area contributed by atoms with Gasteiger partial charge in [0.05, 0.1) is 39.2 Å². The van der Waals surface area contributed by atoms with Gasteiger partial charge in [-0.25, -0.2) is 0 Å². The average molecular weight is 1250 g/mol. The van der Waals surface area contributed by atoms with Crippen molar-refractivity contribution in [3.8, 4) is 46.0 Å². The maximum Gasteiger partial charge on any atom is 0.147 e. The summed E-state index contributed by atoms with van der Waals surface area (Å²) in [5.41, 5.74) is 12.7. The van der Waals surface area contributed by atoms with Gasteiger partial charge in [-0.1, -0.05) is 203 Å². The van der Waals surface area contributed by atoms with Crippen molar-refractivity contribution in [1.82, 2.24) is 0 Å². The Morgan fingerprint density at radius 1 is 0.227 bits per heavy atom. The zero-order chi connectivity index (χ0) is 61.3. The van der Waals surface area contributed by atoms with E-state index in [4.69, 9.17) is 37.9 Å². The van der Waals surface area contributed by atoms with E-state index < -0.39 is 0 Å². The number of ether oxygens (including phenoxy) is 8. The molecule has 0 fully saturated rings. The van der Waals surface area contributed by atoms with Crippen LogP contribution in [0.2, 0.25) is 0 Å². The second-order valence-electron chi connectivity index (χ2n) is 27.7. The number of benzene rings is 8. The second-order valence-corrected chi connectivity index (χ2v) is 32.1. The first kappa shape index (κ1) is 60.5. The van der Waals surface area contributed by atoms with Crippen LogP contribution in [0.3, 0.4) is 0 Å². The Bertz CT molecular complexity index is 3320. The van der Waals surface area contributed by atoms with Crippen LogP contribution in [0.15, 0.2) is 160 Å². The van der Waals surface area contributed by atoms with Crippen LogP contribution >= 0.6 is 47.0 Å². The van der Waals surface area contributed by atoms with Gasteiger partial charge in [-0.3, -0.25) is 0 Å². The molecule has 0 radical (unpaired) electrons. The van der Waals surface area contributed by atoms with Gasteiger partial charge in [-0.15, -0.1) is 0 Å². The highest BCUT2D eigenvalue weighted by Gasteiger charge is 2.32. The summed E-state index contributed by atoms with van der Waals surface area (Å²) in [7, 11) is 0. The molecule has 12 heteroatoms. The van der Waals surface area contributed by atoms with E-state index >= 15 is 0 Å². The number of rotatable bonds is 0. The highest BCUT2D eigenvalue weighted by molar-refractivity contribution is 8.01. The van der Waals surface area contributed by atoms with E-state index in [1.807, 2.05) is 0 Å². The van der Waals surface area contributed by atoms with Crippen LogP contribution in [0, 0.1) is 0 Å². The van der Waals surface area contributed by atoms with E-state index in [9.17, 15) is 0 Å². The average Bonchev–Trinajstić information content (AvgIpc) is 1.02. The monoisotopic (exact) mass is 1250 g/mol. The molecule has 5 aliphatic heterocycles. The Balaban J connectivity index is 1.17. The summed E-state index contributed by atoms with van der Waals surface area (Å²) in [5, 5.41) is 0. The fraction of sp³-hybridized carbons (Fsp3) is 0.368. The molecular weight excluding hydrogens is 1170 g/mol. The van der Waals surface area contributed by atoms with Crippen molar-refractivity contribution in [2.45, 2.75) is 170 Å². The zero-order valence-electron chi connectivity index (χ0n) is 52.9. The van der Waals surface area contributed by atoms with Crippen LogP contribution in [0.1, 0.15) is 150 Å². The van der Waals surface area contributed by atoms with Crippen molar-refractivity contribution in [3.63, 3.8) is 0 Å². The van der Waals surface area contributed by atoms with E-state index in [0.29, 0.717) is 25.7 Å². The fourth-order valence-electron chi connectivity index (χ4n) is 12.2. The molecule has 24 bridgehead atoms. The minimum Gasteiger partial charge on any atom is -0.489 e. The molecule has 0 saturated carbocycles. The van der Waals surface area contributed by atoms with Gasteiger partial charge in [-0.05, 0) is 137 Å². The normalized spacial score (nSPS) is 16.0. The van der Waals surface area contributed by atoms with E-state index in [1.165, 1.54) is 22.3 Å². The summed E-state index contributed by atoms with van der Waals surface area (Å²) in [6, 6.07) is 44.8. The Morgan fingerprint density at radius 2 is 0.375 bits per heavy atom. The molecule has 0 spiro atoms. The van der Waals surface area contributed by atoms with Crippen LogP contribution in [0.25, 0.3) is 0 Å². The number of hydrogen-bond donors (Lipinski definition) is 0. The first-order valence-corrected chi connectivity index (χ1v) is 34.3. The van der Waals surface area contributed by atoms with Crippen molar-refractivity contribution >= 4 is 47.0 Å². The van der Waals surface area contributed by atoms with Gasteiger partial charge in [0.25, 0.3) is 0 Å². The molecule has 5 heterocycles. The third-order valence-electron chi connectivity index (χ3n) is 16.9. The lowest BCUT2D eigenvalue weighted by Gasteiger charge is -2.29. The van der Waals surface area contributed by atoms with Crippen molar-refractivity contribution in [2.75, 3.05) is 52.9 Å². The highest BCUT2D eigenvalue weighted by atomic mass is 32.2. The van der Waals surface area contributed by atoms with Gasteiger partial charge < -0.3 is 37.9 Å². The van der Waals surface area contributed by atoms with Crippen LogP contribution in [0.4, 0.5) is 0 Å². The molecule has 0 N–H and O–H groups in total. The van der Waals surface area contributed by atoms with Crippen molar-refractivity contribution < 1.29 is 37.9 Å². The molecule has 0 unspecified atom stereocenters. The first-order chi connectivity index (χ1) is 42.1. The summed E-state index contributed by atoms with van der Waals surface area (Å²) in [6.45, 7) is 30.0. The molecule has 8 nitrogen and oxygen atoms in total. The Labute approximate surface area is 537 Å². The molecule has 88 heavy (non-hydrogen) atoms. The third-order valence-corrected chi connectivity index (χ3v) is 21.2. The Hall–Kier alpha value is -6.44. The molecule has 8 aromatic rings. The summed E-state index contributed by atoms with van der Waals surface area (Å²) in [6.07, 6.45) is 2.14. The minimum absolute atomic E-state index is 0.215. The second kappa shape index (κ2) is 24.1. The largest absolute Gasteiger partial charge is 0.489 e. The standard InChI is InChI=1S/C76H80O8S4/c1-73(2,3)53-37-45-33-47-39-54(74(4,5)6)41-49-35-51-43-56(76(10,11)12)44-52-36-50-42-55(75(7,8)9)40-48-34-46(38-53)65(45)77-25-29-81-69-57-17-13-18-58(69)86-60-20-15-22-62(71(60)83-31-27-79-67(48)50)88-64-24-16-23-63(72(64)84-32-28-80-68(51)52)87-61-21-14-19-59(85-57)70(61)82-30-26-78-66(47)49/h13-24,37-44H,25-36H2,1-12H3. The van der Waals surface area contributed by atoms with Crippen LogP contribution in [-0.4, -0.2) is 52.9 Å². The van der Waals surface area contributed by atoms with Crippen LogP contribution < -0.4 is 37.9 Å². The lowest BCUT2D eigenvalue weighted by atomic mass is 9.79. The van der Waals surface area contributed by atoms with Gasteiger partial charge in [0, 0.05) is 25.7 Å². The molecule has 0 saturated heterocycles. The molecule has 456 valence electrons. The molecule has 14 rings (SSSR count). The predicted molar refractivity (Wildman–Crippen MR) is 358 cm³/mol. The number of para-hydroxylation sites is 4. The minimum atomic E-state index is -0.215. The number of hydrogen-bond acceptors (Lipinski definition) is 12. The van der Waals surface area contributed by atoms with Crippen LogP contribution in [-0.2, 0) is 47.3 Å². The smallest absolute Gasteiger partial charge is 0.147 e. The Morgan fingerprint density at radius 3 is 0.523 bits per heavy atom. The van der Waals surface area contributed by atoms with Crippen molar-refractivity contribution in [3.05, 3.63) is 188 Å². The highest BCUT2D eigenvalue weighted by Crippen LogP contribution is 2.54. The van der Waals surface area contributed by atoms with Gasteiger partial charge in [0.15, 0.2) is 0 Å². The molecule has 0 amide bonds. The van der Waals surface area contributed by atoms with Gasteiger partial charge >= 0.3 is 0 Å². The fourth-order valence-corrected chi connectivity index (χ4v) is 16.7. The quantitative estimate of drug-likeness (QED) is 0.145. The van der Waals surface area contributed by atoms with Gasteiger partial charge in [0.2, 0.25) is 0 Å².